The first-order valence-electron chi connectivity index (χ1n) is 7.58. The molecule has 1 aliphatic heterocycles. The Balaban J connectivity index is 2.11. The minimum atomic E-state index is -0.731. The molecule has 0 aromatic heterocycles. The fourth-order valence-corrected chi connectivity index (χ4v) is 2.45. The number of hydrogen-bond acceptors (Lipinski definition) is 3. The highest BCUT2D eigenvalue weighted by molar-refractivity contribution is 5.74. The number of rotatable bonds is 8. The molecule has 0 bridgehead atoms. The van der Waals surface area contributed by atoms with Crippen LogP contribution in [0.4, 0.5) is 4.79 Å². The zero-order valence-corrected chi connectivity index (χ0v) is 12.4. The second-order valence-electron chi connectivity index (χ2n) is 5.30. The molecule has 0 aromatic carbocycles. The summed E-state index contributed by atoms with van der Waals surface area (Å²) < 4.78 is 0. The van der Waals surface area contributed by atoms with Gasteiger partial charge in [0.25, 0.3) is 0 Å². The molecule has 1 saturated heterocycles. The molecule has 116 valence electrons. The number of urea groups is 1. The van der Waals surface area contributed by atoms with Gasteiger partial charge in [-0.3, -0.25) is 4.79 Å². The average molecular weight is 285 g/mol. The molecule has 1 heterocycles. The highest BCUT2D eigenvalue weighted by Crippen LogP contribution is 2.21. The predicted octanol–water partition coefficient (Wildman–Crippen LogP) is 1.27. The van der Waals surface area contributed by atoms with Gasteiger partial charge in [0.2, 0.25) is 0 Å². The Bertz CT molecular complexity index is 302. The molecule has 1 rings (SSSR count). The van der Waals surface area contributed by atoms with E-state index in [0.29, 0.717) is 12.5 Å². The van der Waals surface area contributed by atoms with Crippen LogP contribution in [0.5, 0.6) is 0 Å². The third-order valence-electron chi connectivity index (χ3n) is 3.72. The Morgan fingerprint density at radius 3 is 2.55 bits per heavy atom. The van der Waals surface area contributed by atoms with E-state index in [4.69, 9.17) is 5.11 Å². The van der Waals surface area contributed by atoms with Crippen LogP contribution in [-0.2, 0) is 4.79 Å². The van der Waals surface area contributed by atoms with Crippen LogP contribution >= 0.6 is 0 Å². The van der Waals surface area contributed by atoms with Crippen molar-refractivity contribution in [3.8, 4) is 0 Å². The van der Waals surface area contributed by atoms with Gasteiger partial charge in [-0.2, -0.15) is 0 Å². The number of nitrogens with zero attached hydrogens (tertiary/aromatic N) is 1. The van der Waals surface area contributed by atoms with E-state index in [1.54, 1.807) is 0 Å². The van der Waals surface area contributed by atoms with Crippen molar-refractivity contribution in [3.05, 3.63) is 0 Å². The number of carbonyl (C=O) groups is 2. The van der Waals surface area contributed by atoms with Crippen molar-refractivity contribution in [1.82, 2.24) is 15.5 Å². The number of amides is 2. The molecule has 6 nitrogen and oxygen atoms in total. The number of carbonyl (C=O) groups excluding carboxylic acids is 1. The topological polar surface area (TPSA) is 81.7 Å². The summed E-state index contributed by atoms with van der Waals surface area (Å²) in [5.41, 5.74) is 0. The highest BCUT2D eigenvalue weighted by Gasteiger charge is 2.22. The lowest BCUT2D eigenvalue weighted by Gasteiger charge is -2.31. The highest BCUT2D eigenvalue weighted by atomic mass is 16.4. The molecular weight excluding hydrogens is 258 g/mol. The van der Waals surface area contributed by atoms with Gasteiger partial charge in [-0.05, 0) is 44.7 Å². The van der Waals surface area contributed by atoms with Crippen LogP contribution in [0.25, 0.3) is 0 Å². The zero-order valence-electron chi connectivity index (χ0n) is 12.4. The van der Waals surface area contributed by atoms with Crippen LogP contribution in [0.2, 0.25) is 0 Å². The Hall–Kier alpha value is -1.30. The molecule has 2 amide bonds. The maximum absolute atomic E-state index is 11.9. The second-order valence-corrected chi connectivity index (χ2v) is 5.30. The third-order valence-corrected chi connectivity index (χ3v) is 3.72. The van der Waals surface area contributed by atoms with Gasteiger partial charge in [0.15, 0.2) is 0 Å². The van der Waals surface area contributed by atoms with Crippen molar-refractivity contribution in [3.63, 3.8) is 0 Å². The van der Waals surface area contributed by atoms with Gasteiger partial charge >= 0.3 is 12.0 Å². The monoisotopic (exact) mass is 285 g/mol. The van der Waals surface area contributed by atoms with E-state index in [0.717, 1.165) is 51.9 Å². The number of likely N-dealkylation sites (tertiary alicyclic amines) is 1. The maximum atomic E-state index is 11.9. The summed E-state index contributed by atoms with van der Waals surface area (Å²) in [6, 6.07) is 0.0122. The van der Waals surface area contributed by atoms with Gasteiger partial charge in [-0.25, -0.2) is 4.79 Å². The SMILES string of the molecule is CCNCCCNC(=O)N1CCC(CCC(=O)O)CC1. The van der Waals surface area contributed by atoms with Gasteiger partial charge in [0.1, 0.15) is 0 Å². The lowest BCUT2D eigenvalue weighted by molar-refractivity contribution is -0.137. The number of carboxylic acids is 1. The zero-order chi connectivity index (χ0) is 14.8. The van der Waals surface area contributed by atoms with E-state index in [1.807, 2.05) is 4.90 Å². The standard InChI is InChI=1S/C14H27N3O3/c1-2-15-8-3-9-16-14(20)17-10-6-12(7-11-17)4-5-13(18)19/h12,15H,2-11H2,1H3,(H,16,20)(H,18,19). The van der Waals surface area contributed by atoms with Crippen molar-refractivity contribution in [2.24, 2.45) is 5.92 Å². The van der Waals surface area contributed by atoms with Gasteiger partial charge in [0.05, 0.1) is 0 Å². The van der Waals surface area contributed by atoms with E-state index in [2.05, 4.69) is 17.6 Å². The molecule has 0 aromatic rings. The summed E-state index contributed by atoms with van der Waals surface area (Å²) >= 11 is 0. The van der Waals surface area contributed by atoms with Gasteiger partial charge in [-0.1, -0.05) is 6.92 Å². The van der Waals surface area contributed by atoms with E-state index >= 15 is 0 Å². The smallest absolute Gasteiger partial charge is 0.317 e. The predicted molar refractivity (Wildman–Crippen MR) is 77.7 cm³/mol. The fourth-order valence-electron chi connectivity index (χ4n) is 2.45. The van der Waals surface area contributed by atoms with Crippen LogP contribution < -0.4 is 10.6 Å². The molecule has 6 heteroatoms. The molecule has 0 unspecified atom stereocenters. The van der Waals surface area contributed by atoms with Crippen molar-refractivity contribution >= 4 is 12.0 Å². The first-order chi connectivity index (χ1) is 9.63. The molecule has 0 aliphatic carbocycles. The Labute approximate surface area is 120 Å². The van der Waals surface area contributed by atoms with E-state index in [1.165, 1.54) is 0 Å². The molecule has 0 atom stereocenters. The number of nitrogens with one attached hydrogen (secondary N) is 2. The summed E-state index contributed by atoms with van der Waals surface area (Å²) in [6.45, 7) is 6.12. The molecule has 0 saturated carbocycles. The Kier molecular flexibility index (Phi) is 8.02. The minimum absolute atomic E-state index is 0.0122. The van der Waals surface area contributed by atoms with Gasteiger partial charge in [-0.15, -0.1) is 0 Å². The first kappa shape index (κ1) is 16.8. The number of piperidine rings is 1. The molecule has 1 fully saturated rings. The van der Waals surface area contributed by atoms with Crippen molar-refractivity contribution in [2.45, 2.75) is 39.0 Å². The third kappa shape index (κ3) is 6.75. The summed E-state index contributed by atoms with van der Waals surface area (Å²) in [5, 5.41) is 14.8. The quantitative estimate of drug-likeness (QED) is 0.587. The number of carboxylic acid groups (broad SMARTS) is 1. The lowest BCUT2D eigenvalue weighted by Crippen LogP contribution is -2.45. The molecule has 20 heavy (non-hydrogen) atoms. The summed E-state index contributed by atoms with van der Waals surface area (Å²) in [4.78, 5) is 24.3. The molecule has 0 radical (unpaired) electrons. The number of hydrogen-bond donors (Lipinski definition) is 3. The van der Waals surface area contributed by atoms with E-state index in [9.17, 15) is 9.59 Å². The molecule has 0 spiro atoms. The van der Waals surface area contributed by atoms with Crippen LogP contribution in [0, 0.1) is 5.92 Å². The van der Waals surface area contributed by atoms with Crippen LogP contribution in [0.3, 0.4) is 0 Å². The summed E-state index contributed by atoms with van der Waals surface area (Å²) in [7, 11) is 0. The van der Waals surface area contributed by atoms with Crippen molar-refractivity contribution in [2.75, 3.05) is 32.7 Å². The first-order valence-corrected chi connectivity index (χ1v) is 7.58. The van der Waals surface area contributed by atoms with Gasteiger partial charge < -0.3 is 20.6 Å². The van der Waals surface area contributed by atoms with E-state index in [-0.39, 0.29) is 12.5 Å². The van der Waals surface area contributed by atoms with Crippen LogP contribution in [-0.4, -0.2) is 54.7 Å². The second kappa shape index (κ2) is 9.58. The Morgan fingerprint density at radius 1 is 1.25 bits per heavy atom. The Morgan fingerprint density at radius 2 is 1.95 bits per heavy atom. The normalized spacial score (nSPS) is 16.1. The molecule has 1 aliphatic rings. The molecular formula is C14H27N3O3. The summed E-state index contributed by atoms with van der Waals surface area (Å²) in [6.07, 6.45) is 3.74. The minimum Gasteiger partial charge on any atom is -0.481 e. The van der Waals surface area contributed by atoms with Crippen LogP contribution in [0.15, 0.2) is 0 Å². The average Bonchev–Trinajstić information content (AvgIpc) is 2.45. The van der Waals surface area contributed by atoms with Crippen molar-refractivity contribution in [1.29, 1.82) is 0 Å². The van der Waals surface area contributed by atoms with Crippen LogP contribution in [0.1, 0.15) is 39.0 Å². The number of aliphatic carboxylic acids is 1. The maximum Gasteiger partial charge on any atom is 0.317 e. The van der Waals surface area contributed by atoms with Gasteiger partial charge in [0, 0.05) is 26.1 Å². The lowest BCUT2D eigenvalue weighted by atomic mass is 9.92. The molecule has 3 N–H and O–H groups in total. The largest absolute Gasteiger partial charge is 0.481 e. The summed E-state index contributed by atoms with van der Waals surface area (Å²) in [5.74, 6) is -0.283. The fraction of sp³-hybridized carbons (Fsp3) is 0.857. The van der Waals surface area contributed by atoms with Crippen molar-refractivity contribution < 1.29 is 14.7 Å². The van der Waals surface area contributed by atoms with E-state index < -0.39 is 5.97 Å².